The normalized spacial score (nSPS) is 20.1. The third-order valence-electron chi connectivity index (χ3n) is 1.74. The van der Waals surface area contributed by atoms with Gasteiger partial charge in [-0.25, -0.2) is 0 Å². The highest BCUT2D eigenvalue weighted by Gasteiger charge is 2.08. The van der Waals surface area contributed by atoms with Crippen LogP contribution in [-0.2, 0) is 0 Å². The van der Waals surface area contributed by atoms with E-state index in [1.807, 2.05) is 0 Å². The number of nitrogens with one attached hydrogen (secondary N) is 1. The largest absolute Gasteiger partial charge is 0.504 e. The van der Waals surface area contributed by atoms with Crippen LogP contribution in [0, 0.1) is 0 Å². The summed E-state index contributed by atoms with van der Waals surface area (Å²) in [5.74, 6) is -1.56. The molecule has 0 aliphatic rings. The number of carbonyl (C=O) groups is 1. The number of rotatable bonds is 4. The van der Waals surface area contributed by atoms with Crippen LogP contribution in [0.2, 0.25) is 0 Å². The van der Waals surface area contributed by atoms with E-state index < -0.39 is 43.6 Å². The van der Waals surface area contributed by atoms with Gasteiger partial charge in [-0.3, -0.25) is 4.79 Å². The average Bonchev–Trinajstić information content (AvgIpc) is 2.37. The highest BCUT2D eigenvalue weighted by atomic mass is 35.5. The fourth-order valence-electron chi connectivity index (χ4n) is 0.974. The number of halogens is 1. The van der Waals surface area contributed by atoms with Gasteiger partial charge in [-0.2, -0.15) is 0 Å². The second-order valence-corrected chi connectivity index (χ2v) is 2.89. The topological polar surface area (TPSA) is 69.6 Å². The summed E-state index contributed by atoms with van der Waals surface area (Å²) in [7, 11) is 0. The van der Waals surface area contributed by atoms with Gasteiger partial charge in [0.05, 0.1) is 6.54 Å². The first-order valence-corrected chi connectivity index (χ1v) is 4.14. The van der Waals surface area contributed by atoms with Crippen LogP contribution in [0.4, 0.5) is 0 Å². The molecule has 5 heteroatoms. The van der Waals surface area contributed by atoms with Crippen LogP contribution in [0.15, 0.2) is 18.2 Å². The number of carbonyl (C=O) groups excluding carboxylic acids is 1. The highest BCUT2D eigenvalue weighted by molar-refractivity contribution is 5.98. The summed E-state index contributed by atoms with van der Waals surface area (Å²) in [4.78, 5) is 11.9. The van der Waals surface area contributed by atoms with Gasteiger partial charge in [0.15, 0.2) is 17.3 Å². The van der Waals surface area contributed by atoms with Gasteiger partial charge in [-0.05, 0) is 18.2 Å². The molecule has 1 atom stereocenters. The van der Waals surface area contributed by atoms with Crippen molar-refractivity contribution in [3.8, 4) is 11.5 Å². The van der Waals surface area contributed by atoms with E-state index in [-0.39, 0.29) is 19.4 Å². The highest BCUT2D eigenvalue weighted by Crippen LogP contribution is 2.24. The van der Waals surface area contributed by atoms with Crippen molar-refractivity contribution in [2.75, 3.05) is 6.54 Å². The van der Waals surface area contributed by atoms with Crippen LogP contribution >= 0.6 is 12.4 Å². The third-order valence-corrected chi connectivity index (χ3v) is 1.74. The lowest BCUT2D eigenvalue weighted by molar-refractivity contribution is 0.0988. The summed E-state index contributed by atoms with van der Waals surface area (Å²) in [6.07, 6.45) is 0. The van der Waals surface area contributed by atoms with Crippen LogP contribution in [0.1, 0.15) is 33.7 Å². The van der Waals surface area contributed by atoms with Crippen molar-refractivity contribution in [2.24, 2.45) is 0 Å². The molecule has 0 amide bonds. The quantitative estimate of drug-likeness (QED) is 0.567. The lowest BCUT2D eigenvalue weighted by atomic mass is 10.1. The molecule has 3 N–H and O–H groups in total. The molecule has 4 nitrogen and oxygen atoms in total. The lowest BCUT2D eigenvalue weighted by Crippen LogP contribution is -2.29. The maximum atomic E-state index is 11.9. The van der Waals surface area contributed by atoms with E-state index in [4.69, 9.17) is 13.3 Å². The number of hydrogen-bond acceptors (Lipinski definition) is 4. The Morgan fingerprint density at radius 2 is 2.38 bits per heavy atom. The minimum absolute atomic E-state index is 0. The van der Waals surface area contributed by atoms with Gasteiger partial charge in [0, 0.05) is 21.2 Å². The average molecular weight is 255 g/mol. The molecule has 0 saturated heterocycles. The SMILES string of the molecule is Cl.[2HH].[2H]C([2H])C([2H])(NCC(=O)c1ccc(O)c(O)c1)C([2H])([2H])[2H]. The lowest BCUT2D eigenvalue weighted by Gasteiger charge is -2.07. The van der Waals surface area contributed by atoms with Gasteiger partial charge in [0.1, 0.15) is 0 Å². The molecule has 0 radical (unpaired) electrons. The molecule has 0 aliphatic heterocycles. The number of Topliss-reactive ketones (excluding diaryl/α,β-unsaturated/α-hetero) is 1. The number of ketones is 1. The fraction of sp³-hybridized carbons (Fsp3) is 0.364. The van der Waals surface area contributed by atoms with Crippen molar-refractivity contribution in [3.63, 3.8) is 0 Å². The Balaban J connectivity index is 0. The van der Waals surface area contributed by atoms with E-state index in [1.165, 1.54) is 6.07 Å². The molecule has 0 heterocycles. The Kier molecular flexibility index (Phi) is 2.83. The zero-order valence-corrected chi connectivity index (χ0v) is 9.04. The standard InChI is InChI=1S/C11H15NO3.ClH.H2/c1-7(2)12-6-11(15)8-3-4-9(13)10(14)5-8;;/h3-5,7,12-14H,6H2,1-2H3;2*1H/i1D2,2D3,7D;;1+1. The van der Waals surface area contributed by atoms with Crippen LogP contribution in [0.5, 0.6) is 11.5 Å². The number of aromatic hydroxyl groups is 2. The molecule has 1 aromatic carbocycles. The van der Waals surface area contributed by atoms with Crippen LogP contribution in [0.25, 0.3) is 0 Å². The Morgan fingerprint density at radius 1 is 1.62 bits per heavy atom. The molecule has 0 aliphatic carbocycles. The molecule has 1 rings (SSSR count). The van der Waals surface area contributed by atoms with E-state index in [9.17, 15) is 9.90 Å². The first-order valence-electron chi connectivity index (χ1n) is 7.29. The molecule has 92 valence electrons. The van der Waals surface area contributed by atoms with Crippen molar-refractivity contribution in [1.29, 1.82) is 0 Å². The second-order valence-electron chi connectivity index (χ2n) is 2.89. The molecule has 1 unspecified atom stereocenters. The third kappa shape index (κ3) is 4.08. The van der Waals surface area contributed by atoms with Crippen molar-refractivity contribution < 1.29 is 24.7 Å². The van der Waals surface area contributed by atoms with Gasteiger partial charge in [0.2, 0.25) is 0 Å². The Bertz CT molecular complexity index is 541. The second kappa shape index (κ2) is 6.35. The van der Waals surface area contributed by atoms with E-state index >= 15 is 0 Å². The summed E-state index contributed by atoms with van der Waals surface area (Å²) in [5, 5.41) is 20.5. The molecule has 1 aromatic rings. The molecule has 0 bridgehead atoms. The molecule has 0 fully saturated rings. The molecular weight excluding hydrogens is 230 g/mol. The Morgan fingerprint density at radius 3 is 2.94 bits per heavy atom. The first-order chi connectivity index (χ1) is 9.49. The minimum atomic E-state index is -2.96. The van der Waals surface area contributed by atoms with E-state index in [0.29, 0.717) is 0 Å². The Hall–Kier alpha value is -1.26. The number of phenols is 2. The number of phenolic OH excluding ortho intramolecular Hbond substituents is 2. The molecule has 0 spiro atoms. The van der Waals surface area contributed by atoms with E-state index in [2.05, 4.69) is 5.32 Å². The first kappa shape index (κ1) is 7.14. The van der Waals surface area contributed by atoms with E-state index in [0.717, 1.165) is 12.1 Å². The van der Waals surface area contributed by atoms with Gasteiger partial charge in [-0.1, -0.05) is 13.7 Å². The van der Waals surface area contributed by atoms with Crippen LogP contribution in [0.3, 0.4) is 0 Å². The number of benzene rings is 1. The van der Waals surface area contributed by atoms with Gasteiger partial charge in [-0.15, -0.1) is 12.4 Å². The predicted molar refractivity (Wildman–Crippen MR) is 66.6 cm³/mol. The van der Waals surface area contributed by atoms with Gasteiger partial charge >= 0.3 is 0 Å². The summed E-state index contributed by atoms with van der Waals surface area (Å²) < 4.78 is 43.6. The molecule has 0 aromatic heterocycles. The summed E-state index contributed by atoms with van der Waals surface area (Å²) >= 11 is 0. The van der Waals surface area contributed by atoms with Gasteiger partial charge < -0.3 is 15.5 Å². The number of hydrogen-bond donors (Lipinski definition) is 3. The zero-order chi connectivity index (χ0) is 16.4. The maximum Gasteiger partial charge on any atom is 0.176 e. The Labute approximate surface area is 111 Å². The minimum Gasteiger partial charge on any atom is -0.504 e. The summed E-state index contributed by atoms with van der Waals surface area (Å²) in [5.41, 5.74) is -0.00259. The monoisotopic (exact) mass is 254 g/mol. The van der Waals surface area contributed by atoms with Crippen molar-refractivity contribution in [1.82, 2.24) is 5.32 Å². The van der Waals surface area contributed by atoms with E-state index in [1.54, 1.807) is 0 Å². The summed E-state index contributed by atoms with van der Waals surface area (Å²) in [6, 6.07) is 0.706. The van der Waals surface area contributed by atoms with Crippen molar-refractivity contribution >= 4 is 18.2 Å². The van der Waals surface area contributed by atoms with Crippen molar-refractivity contribution in [3.05, 3.63) is 23.8 Å². The molecular formula is C11H18ClNO3. The molecule has 16 heavy (non-hydrogen) atoms. The summed E-state index contributed by atoms with van der Waals surface area (Å²) in [6.45, 7) is -5.59. The maximum absolute atomic E-state index is 11.9. The fourth-order valence-corrected chi connectivity index (χ4v) is 0.974. The van der Waals surface area contributed by atoms with Crippen LogP contribution < -0.4 is 5.32 Å². The van der Waals surface area contributed by atoms with Crippen LogP contribution in [-0.4, -0.2) is 28.6 Å². The zero-order valence-electron chi connectivity index (χ0n) is 14.2. The predicted octanol–water partition coefficient (Wildman–Crippen LogP) is 1.95. The van der Waals surface area contributed by atoms with Gasteiger partial charge in [0.25, 0.3) is 0 Å². The molecule has 0 saturated carbocycles. The smallest absolute Gasteiger partial charge is 0.176 e. The van der Waals surface area contributed by atoms with Crippen molar-refractivity contribution in [2.45, 2.75) is 19.7 Å².